The third-order valence-electron chi connectivity index (χ3n) is 1.74. The summed E-state index contributed by atoms with van der Waals surface area (Å²) in [4.78, 5) is 22.1. The number of hydrogen-bond acceptors (Lipinski definition) is 5. The molecule has 7 heteroatoms. The lowest BCUT2D eigenvalue weighted by atomic mass is 10.5. The lowest BCUT2D eigenvalue weighted by Gasteiger charge is -1.96. The fourth-order valence-corrected chi connectivity index (χ4v) is 1.06. The molecule has 15 heavy (non-hydrogen) atoms. The topological polar surface area (TPSA) is 85.2 Å². The molecule has 78 valence electrons. The molecule has 0 unspecified atom stereocenters. The van der Waals surface area contributed by atoms with Gasteiger partial charge in [-0.05, 0) is 6.92 Å². The van der Waals surface area contributed by atoms with Crippen molar-refractivity contribution in [3.63, 3.8) is 0 Å². The van der Waals surface area contributed by atoms with Crippen LogP contribution in [0.2, 0.25) is 0 Å². The van der Waals surface area contributed by atoms with E-state index in [9.17, 15) is 4.79 Å². The SMILES string of the molecule is CCOC=Nn1cnc2nc[nH]c2c1=O. The monoisotopic (exact) mass is 207 g/mol. The van der Waals surface area contributed by atoms with Crippen LogP contribution in [-0.2, 0) is 4.74 Å². The summed E-state index contributed by atoms with van der Waals surface area (Å²) in [6, 6.07) is 0. The summed E-state index contributed by atoms with van der Waals surface area (Å²) in [6.45, 7) is 2.32. The number of nitrogens with one attached hydrogen (secondary N) is 1. The minimum atomic E-state index is -0.312. The summed E-state index contributed by atoms with van der Waals surface area (Å²) in [6.07, 6.45) is 3.90. The number of fused-ring (bicyclic) bond motifs is 1. The molecule has 2 heterocycles. The maximum Gasteiger partial charge on any atom is 0.300 e. The maximum absolute atomic E-state index is 11.7. The molecule has 0 saturated heterocycles. The summed E-state index contributed by atoms with van der Waals surface area (Å²) >= 11 is 0. The van der Waals surface area contributed by atoms with E-state index in [2.05, 4.69) is 20.1 Å². The molecule has 0 aliphatic carbocycles. The van der Waals surface area contributed by atoms with Crippen molar-refractivity contribution < 1.29 is 4.74 Å². The van der Waals surface area contributed by atoms with E-state index < -0.39 is 0 Å². The number of hydrogen-bond donors (Lipinski definition) is 1. The number of H-pyrrole nitrogens is 1. The molecule has 0 saturated carbocycles. The van der Waals surface area contributed by atoms with Gasteiger partial charge < -0.3 is 9.72 Å². The second kappa shape index (κ2) is 3.91. The lowest BCUT2D eigenvalue weighted by molar-refractivity contribution is 0.340. The fraction of sp³-hybridized carbons (Fsp3) is 0.250. The standard InChI is InChI=1S/C8H9N5O2/c1-2-15-5-12-13-4-11-7-6(8(13)14)9-3-10-7/h3-5H,2H2,1H3,(H,9,10). The van der Waals surface area contributed by atoms with Crippen LogP contribution < -0.4 is 5.56 Å². The van der Waals surface area contributed by atoms with Crippen molar-refractivity contribution in [3.8, 4) is 0 Å². The van der Waals surface area contributed by atoms with Crippen molar-refractivity contribution >= 4 is 17.6 Å². The van der Waals surface area contributed by atoms with Gasteiger partial charge in [0.25, 0.3) is 5.56 Å². The zero-order valence-corrected chi connectivity index (χ0v) is 8.04. The third kappa shape index (κ3) is 1.71. The maximum atomic E-state index is 11.7. The minimum absolute atomic E-state index is 0.312. The van der Waals surface area contributed by atoms with E-state index in [1.165, 1.54) is 19.1 Å². The summed E-state index contributed by atoms with van der Waals surface area (Å²) in [7, 11) is 0. The van der Waals surface area contributed by atoms with E-state index in [1.807, 2.05) is 6.92 Å². The molecule has 0 fully saturated rings. The van der Waals surface area contributed by atoms with Gasteiger partial charge in [-0.25, -0.2) is 9.97 Å². The Morgan fingerprint density at radius 3 is 3.33 bits per heavy atom. The zero-order chi connectivity index (χ0) is 10.7. The summed E-state index contributed by atoms with van der Waals surface area (Å²) < 4.78 is 5.96. The largest absolute Gasteiger partial charge is 0.482 e. The van der Waals surface area contributed by atoms with E-state index in [1.54, 1.807) is 0 Å². The van der Waals surface area contributed by atoms with Crippen LogP contribution in [0, 0.1) is 0 Å². The molecule has 7 nitrogen and oxygen atoms in total. The third-order valence-corrected chi connectivity index (χ3v) is 1.74. The smallest absolute Gasteiger partial charge is 0.300 e. The van der Waals surface area contributed by atoms with Crippen molar-refractivity contribution in [2.75, 3.05) is 6.61 Å². The number of aromatic amines is 1. The molecule has 2 aromatic rings. The predicted octanol–water partition coefficient (Wildman–Crippen LogP) is -0.0525. The molecule has 2 aromatic heterocycles. The first-order chi connectivity index (χ1) is 7.33. The molecular formula is C8H9N5O2. The van der Waals surface area contributed by atoms with Crippen LogP contribution in [0.3, 0.4) is 0 Å². The minimum Gasteiger partial charge on any atom is -0.482 e. The summed E-state index contributed by atoms with van der Waals surface area (Å²) in [5.41, 5.74) is 0.391. The Kier molecular flexibility index (Phi) is 2.44. The molecule has 0 bridgehead atoms. The zero-order valence-electron chi connectivity index (χ0n) is 8.04. The number of imidazole rings is 1. The number of rotatable bonds is 3. The van der Waals surface area contributed by atoms with Crippen LogP contribution in [0.1, 0.15) is 6.92 Å². The Morgan fingerprint density at radius 2 is 2.53 bits per heavy atom. The first kappa shape index (κ1) is 9.38. The Balaban J connectivity index is 2.44. The van der Waals surface area contributed by atoms with E-state index in [0.29, 0.717) is 17.8 Å². The van der Waals surface area contributed by atoms with Crippen LogP contribution in [0.15, 0.2) is 22.6 Å². The number of ether oxygens (including phenoxy) is 1. The highest BCUT2D eigenvalue weighted by molar-refractivity contribution is 5.67. The van der Waals surface area contributed by atoms with E-state index in [0.717, 1.165) is 4.68 Å². The van der Waals surface area contributed by atoms with Gasteiger partial charge >= 0.3 is 0 Å². The molecule has 0 radical (unpaired) electrons. The summed E-state index contributed by atoms with van der Waals surface area (Å²) in [5, 5.41) is 3.77. The first-order valence-electron chi connectivity index (χ1n) is 4.38. The highest BCUT2D eigenvalue weighted by atomic mass is 16.5. The van der Waals surface area contributed by atoms with Crippen molar-refractivity contribution in [1.29, 1.82) is 0 Å². The van der Waals surface area contributed by atoms with Gasteiger partial charge in [0, 0.05) is 0 Å². The lowest BCUT2D eigenvalue weighted by Crippen LogP contribution is -2.17. The molecule has 0 spiro atoms. The quantitative estimate of drug-likeness (QED) is 0.564. The van der Waals surface area contributed by atoms with Crippen LogP contribution >= 0.6 is 0 Å². The molecule has 0 atom stereocenters. The molecule has 0 aromatic carbocycles. The fourth-order valence-electron chi connectivity index (χ4n) is 1.06. The molecular weight excluding hydrogens is 198 g/mol. The molecule has 0 aliphatic rings. The van der Waals surface area contributed by atoms with Crippen LogP contribution in [0.25, 0.3) is 11.2 Å². The van der Waals surface area contributed by atoms with Crippen molar-refractivity contribution in [1.82, 2.24) is 19.6 Å². The van der Waals surface area contributed by atoms with Gasteiger partial charge in [0.2, 0.25) is 0 Å². The van der Waals surface area contributed by atoms with Gasteiger partial charge in [-0.1, -0.05) is 0 Å². The highest BCUT2D eigenvalue weighted by Crippen LogP contribution is 1.96. The van der Waals surface area contributed by atoms with Crippen LogP contribution in [-0.4, -0.2) is 32.6 Å². The van der Waals surface area contributed by atoms with Gasteiger partial charge in [-0.3, -0.25) is 4.79 Å². The Bertz CT molecular complexity index is 541. The Hall–Kier alpha value is -2.18. The summed E-state index contributed by atoms with van der Waals surface area (Å²) in [5.74, 6) is 0. The van der Waals surface area contributed by atoms with E-state index >= 15 is 0 Å². The Morgan fingerprint density at radius 1 is 1.67 bits per heavy atom. The second-order valence-electron chi connectivity index (χ2n) is 2.67. The highest BCUT2D eigenvalue weighted by Gasteiger charge is 2.03. The normalized spacial score (nSPS) is 11.3. The second-order valence-corrected chi connectivity index (χ2v) is 2.67. The Labute approximate surface area is 84.4 Å². The number of nitrogens with zero attached hydrogens (tertiary/aromatic N) is 4. The molecule has 0 aliphatic heterocycles. The van der Waals surface area contributed by atoms with Gasteiger partial charge in [0.15, 0.2) is 17.6 Å². The van der Waals surface area contributed by atoms with Gasteiger partial charge in [0.05, 0.1) is 12.9 Å². The van der Waals surface area contributed by atoms with Gasteiger partial charge in [-0.15, -0.1) is 5.10 Å². The first-order valence-corrected chi connectivity index (χ1v) is 4.38. The van der Waals surface area contributed by atoms with E-state index in [-0.39, 0.29) is 5.56 Å². The van der Waals surface area contributed by atoms with Crippen molar-refractivity contribution in [2.45, 2.75) is 6.92 Å². The predicted molar refractivity (Wildman–Crippen MR) is 53.7 cm³/mol. The van der Waals surface area contributed by atoms with Crippen molar-refractivity contribution in [3.05, 3.63) is 23.0 Å². The average molecular weight is 207 g/mol. The van der Waals surface area contributed by atoms with E-state index in [4.69, 9.17) is 4.74 Å². The molecule has 1 N–H and O–H groups in total. The van der Waals surface area contributed by atoms with Gasteiger partial charge in [-0.2, -0.15) is 4.68 Å². The molecule has 0 amide bonds. The van der Waals surface area contributed by atoms with Crippen molar-refractivity contribution in [2.24, 2.45) is 5.10 Å². The average Bonchev–Trinajstić information content (AvgIpc) is 2.70. The van der Waals surface area contributed by atoms with Crippen LogP contribution in [0.4, 0.5) is 0 Å². The number of aromatic nitrogens is 4. The molecule has 2 rings (SSSR count). The van der Waals surface area contributed by atoms with Gasteiger partial charge in [0.1, 0.15) is 6.33 Å². The van der Waals surface area contributed by atoms with Crippen LogP contribution in [0.5, 0.6) is 0 Å².